The Bertz CT molecular complexity index is 459. The molecule has 1 atom stereocenters. The Kier molecular flexibility index (Phi) is 3.72. The zero-order chi connectivity index (χ0) is 13.1. The topological polar surface area (TPSA) is 67.8 Å². The van der Waals surface area contributed by atoms with Crippen LogP contribution >= 0.6 is 0 Å². The molecule has 0 aliphatic carbocycles. The van der Waals surface area contributed by atoms with E-state index in [1.54, 1.807) is 6.92 Å². The quantitative estimate of drug-likeness (QED) is 0.830. The fourth-order valence-corrected chi connectivity index (χ4v) is 1.79. The van der Waals surface area contributed by atoms with E-state index in [0.717, 1.165) is 22.6 Å². The second-order valence-corrected chi connectivity index (χ2v) is 4.50. The first-order valence-electron chi connectivity index (χ1n) is 5.90. The highest BCUT2D eigenvalue weighted by molar-refractivity contribution is 5.69. The third kappa shape index (κ3) is 2.73. The summed E-state index contributed by atoms with van der Waals surface area (Å²) in [4.78, 5) is 10.7. The van der Waals surface area contributed by atoms with Crippen molar-refractivity contribution in [2.24, 2.45) is 5.92 Å². The van der Waals surface area contributed by atoms with Crippen LogP contribution in [-0.4, -0.2) is 24.4 Å². The summed E-state index contributed by atoms with van der Waals surface area (Å²) >= 11 is 0. The Morgan fingerprint density at radius 1 is 1.44 bits per heavy atom. The van der Waals surface area contributed by atoms with Crippen LogP contribution in [0.4, 0.5) is 0 Å². The van der Waals surface area contributed by atoms with Gasteiger partial charge in [0.1, 0.15) is 0 Å². The van der Waals surface area contributed by atoms with Crippen molar-refractivity contribution in [1.29, 1.82) is 0 Å². The first-order chi connectivity index (χ1) is 8.58. The van der Waals surface area contributed by atoms with Gasteiger partial charge in [-0.05, 0) is 30.2 Å². The summed E-state index contributed by atoms with van der Waals surface area (Å²) in [6, 6.07) is 3.88. The highest BCUT2D eigenvalue weighted by Crippen LogP contribution is 2.34. The van der Waals surface area contributed by atoms with Crippen molar-refractivity contribution in [3.8, 4) is 11.5 Å². The van der Waals surface area contributed by atoms with E-state index in [2.05, 4.69) is 5.32 Å². The molecule has 0 aromatic heterocycles. The largest absolute Gasteiger partial charge is 0.481 e. The molecule has 0 saturated carbocycles. The van der Waals surface area contributed by atoms with Crippen molar-refractivity contribution < 1.29 is 19.4 Å². The number of carbonyl (C=O) groups is 1. The molecule has 1 aromatic carbocycles. The molecule has 0 bridgehead atoms. The summed E-state index contributed by atoms with van der Waals surface area (Å²) < 4.78 is 10.6. The molecule has 0 fully saturated rings. The van der Waals surface area contributed by atoms with Crippen LogP contribution in [0.2, 0.25) is 0 Å². The first-order valence-corrected chi connectivity index (χ1v) is 5.90. The van der Waals surface area contributed by atoms with Crippen LogP contribution < -0.4 is 14.8 Å². The molecule has 5 nitrogen and oxygen atoms in total. The lowest BCUT2D eigenvalue weighted by Gasteiger charge is -2.11. The highest BCUT2D eigenvalue weighted by Gasteiger charge is 2.16. The minimum Gasteiger partial charge on any atom is -0.481 e. The molecule has 0 amide bonds. The van der Waals surface area contributed by atoms with Gasteiger partial charge < -0.3 is 19.9 Å². The molecule has 1 aromatic rings. The number of hydrogen-bond acceptors (Lipinski definition) is 4. The summed E-state index contributed by atoms with van der Waals surface area (Å²) in [7, 11) is 0. The fraction of sp³-hybridized carbons (Fsp3) is 0.462. The molecule has 1 heterocycles. The van der Waals surface area contributed by atoms with Gasteiger partial charge in [0.2, 0.25) is 6.79 Å². The Balaban J connectivity index is 1.96. The van der Waals surface area contributed by atoms with Crippen molar-refractivity contribution in [2.45, 2.75) is 20.4 Å². The van der Waals surface area contributed by atoms with Gasteiger partial charge in [-0.25, -0.2) is 0 Å². The van der Waals surface area contributed by atoms with E-state index in [0.29, 0.717) is 13.1 Å². The summed E-state index contributed by atoms with van der Waals surface area (Å²) in [5.41, 5.74) is 2.20. The Morgan fingerprint density at radius 2 is 2.11 bits per heavy atom. The Morgan fingerprint density at radius 3 is 2.78 bits per heavy atom. The number of carboxylic acids is 1. The predicted molar refractivity (Wildman–Crippen MR) is 65.8 cm³/mol. The van der Waals surface area contributed by atoms with Crippen molar-refractivity contribution in [3.63, 3.8) is 0 Å². The number of aliphatic carboxylic acids is 1. The number of aryl methyl sites for hydroxylation is 1. The summed E-state index contributed by atoms with van der Waals surface area (Å²) in [5.74, 6) is 0.350. The third-order valence-electron chi connectivity index (χ3n) is 3.02. The molecule has 98 valence electrons. The van der Waals surface area contributed by atoms with Gasteiger partial charge in [-0.3, -0.25) is 4.79 Å². The lowest BCUT2D eigenvalue weighted by atomic mass is 10.1. The molecule has 5 heteroatoms. The smallest absolute Gasteiger partial charge is 0.307 e. The molecule has 2 N–H and O–H groups in total. The second-order valence-electron chi connectivity index (χ2n) is 4.50. The lowest BCUT2D eigenvalue weighted by molar-refractivity contribution is -0.140. The van der Waals surface area contributed by atoms with Crippen molar-refractivity contribution >= 4 is 5.97 Å². The molecule has 1 aliphatic rings. The highest BCUT2D eigenvalue weighted by atomic mass is 16.7. The second kappa shape index (κ2) is 5.27. The maximum atomic E-state index is 10.7. The minimum atomic E-state index is -0.787. The predicted octanol–water partition coefficient (Wildman–Crippen LogP) is 1.53. The van der Waals surface area contributed by atoms with E-state index in [9.17, 15) is 4.79 Å². The van der Waals surface area contributed by atoms with Crippen LogP contribution in [0.1, 0.15) is 18.1 Å². The number of rotatable bonds is 5. The van der Waals surface area contributed by atoms with Crippen LogP contribution in [0.5, 0.6) is 11.5 Å². The van der Waals surface area contributed by atoms with Gasteiger partial charge in [-0.2, -0.15) is 0 Å². The third-order valence-corrected chi connectivity index (χ3v) is 3.02. The standard InChI is InChI=1S/C13H17NO4/c1-8-3-11-12(18-7-17-11)4-10(8)6-14-5-9(2)13(15)16/h3-4,9,14H,5-7H2,1-2H3,(H,15,16). The van der Waals surface area contributed by atoms with Gasteiger partial charge in [-0.1, -0.05) is 6.92 Å². The van der Waals surface area contributed by atoms with E-state index < -0.39 is 5.97 Å². The van der Waals surface area contributed by atoms with E-state index in [-0.39, 0.29) is 12.7 Å². The van der Waals surface area contributed by atoms with Gasteiger partial charge >= 0.3 is 5.97 Å². The molecule has 1 unspecified atom stereocenters. The number of benzene rings is 1. The average Bonchev–Trinajstić information content (AvgIpc) is 2.75. The average molecular weight is 251 g/mol. The molecule has 18 heavy (non-hydrogen) atoms. The van der Waals surface area contributed by atoms with Crippen LogP contribution in [0.3, 0.4) is 0 Å². The molecular formula is C13H17NO4. The van der Waals surface area contributed by atoms with Gasteiger partial charge in [0.05, 0.1) is 5.92 Å². The van der Waals surface area contributed by atoms with Gasteiger partial charge in [0.25, 0.3) is 0 Å². The zero-order valence-electron chi connectivity index (χ0n) is 10.5. The van der Waals surface area contributed by atoms with Gasteiger partial charge in [-0.15, -0.1) is 0 Å². The van der Waals surface area contributed by atoms with Crippen molar-refractivity contribution in [2.75, 3.05) is 13.3 Å². The van der Waals surface area contributed by atoms with E-state index in [1.165, 1.54) is 0 Å². The lowest BCUT2D eigenvalue weighted by Crippen LogP contribution is -2.26. The monoisotopic (exact) mass is 251 g/mol. The van der Waals surface area contributed by atoms with Crippen molar-refractivity contribution in [3.05, 3.63) is 23.3 Å². The number of carboxylic acid groups (broad SMARTS) is 1. The number of fused-ring (bicyclic) bond motifs is 1. The molecular weight excluding hydrogens is 234 g/mol. The SMILES string of the molecule is Cc1cc2c(cc1CNCC(C)C(=O)O)OCO2. The maximum absolute atomic E-state index is 10.7. The number of nitrogens with one attached hydrogen (secondary N) is 1. The zero-order valence-corrected chi connectivity index (χ0v) is 10.5. The Hall–Kier alpha value is -1.75. The molecule has 0 spiro atoms. The van der Waals surface area contributed by atoms with E-state index in [1.807, 2.05) is 19.1 Å². The molecule has 0 radical (unpaired) electrons. The molecule has 1 aliphatic heterocycles. The van der Waals surface area contributed by atoms with Crippen LogP contribution in [0.25, 0.3) is 0 Å². The summed E-state index contributed by atoms with van der Waals surface area (Å²) in [6.07, 6.45) is 0. The minimum absolute atomic E-state index is 0.266. The van der Waals surface area contributed by atoms with Gasteiger partial charge in [0, 0.05) is 13.1 Å². The first kappa shape index (κ1) is 12.7. The normalized spacial score (nSPS) is 14.6. The maximum Gasteiger partial charge on any atom is 0.307 e. The van der Waals surface area contributed by atoms with Crippen LogP contribution in [0, 0.1) is 12.8 Å². The summed E-state index contributed by atoms with van der Waals surface area (Å²) in [6.45, 7) is 5.02. The van der Waals surface area contributed by atoms with Crippen LogP contribution in [-0.2, 0) is 11.3 Å². The fourth-order valence-electron chi connectivity index (χ4n) is 1.79. The molecule has 0 saturated heterocycles. The van der Waals surface area contributed by atoms with E-state index in [4.69, 9.17) is 14.6 Å². The number of hydrogen-bond donors (Lipinski definition) is 2. The van der Waals surface area contributed by atoms with Crippen LogP contribution in [0.15, 0.2) is 12.1 Å². The Labute approximate surface area is 106 Å². The number of ether oxygens (including phenoxy) is 2. The molecule has 2 rings (SSSR count). The van der Waals surface area contributed by atoms with Gasteiger partial charge in [0.15, 0.2) is 11.5 Å². The summed E-state index contributed by atoms with van der Waals surface area (Å²) in [5, 5.41) is 11.9. The van der Waals surface area contributed by atoms with Crippen molar-refractivity contribution in [1.82, 2.24) is 5.32 Å². The van der Waals surface area contributed by atoms with E-state index >= 15 is 0 Å².